The fourth-order valence-corrected chi connectivity index (χ4v) is 3.17. The van der Waals surface area contributed by atoms with E-state index >= 15 is 0 Å². The maximum atomic E-state index is 12.5. The lowest BCUT2D eigenvalue weighted by atomic mass is 10.1. The molecule has 2 N–H and O–H groups in total. The number of nitrogens with zero attached hydrogens (tertiary/aromatic N) is 1. The van der Waals surface area contributed by atoms with Crippen molar-refractivity contribution >= 4 is 33.4 Å². The number of hydrogen-bond donors (Lipinski definition) is 2. The Morgan fingerprint density at radius 3 is 2.86 bits per heavy atom. The monoisotopic (exact) mass is 441 g/mol. The van der Waals surface area contributed by atoms with Crippen molar-refractivity contribution in [3.63, 3.8) is 0 Å². The highest BCUT2D eigenvalue weighted by Crippen LogP contribution is 2.30. The standard InChI is InChI=1S/C20H16BrN3O4/c21-13-6-7-15-18(9-13)27-11-17(20(26)22-15)23-19(25)16-10-14(28-24-16)8-12-4-2-1-3-5-12/h1-7,9-10,17H,8,11H2,(H,22,26)(H,23,25)/t17-/m0/s1. The molecule has 1 aliphatic rings. The normalized spacial score (nSPS) is 15.8. The summed E-state index contributed by atoms with van der Waals surface area (Å²) < 4.78 is 11.7. The lowest BCUT2D eigenvalue weighted by Crippen LogP contribution is -2.46. The molecule has 2 heterocycles. The molecule has 4 rings (SSSR count). The number of aromatic nitrogens is 1. The van der Waals surface area contributed by atoms with Gasteiger partial charge in [-0.05, 0) is 23.8 Å². The summed E-state index contributed by atoms with van der Waals surface area (Å²) in [7, 11) is 0. The van der Waals surface area contributed by atoms with Gasteiger partial charge in [0.15, 0.2) is 5.69 Å². The maximum Gasteiger partial charge on any atom is 0.274 e. The summed E-state index contributed by atoms with van der Waals surface area (Å²) in [5, 5.41) is 9.20. The number of benzene rings is 2. The first kappa shape index (κ1) is 18.2. The predicted octanol–water partition coefficient (Wildman–Crippen LogP) is 3.16. The molecule has 142 valence electrons. The zero-order valence-electron chi connectivity index (χ0n) is 14.6. The molecule has 7 nitrogen and oxygen atoms in total. The van der Waals surface area contributed by atoms with Gasteiger partial charge < -0.3 is 19.9 Å². The fraction of sp³-hybridized carbons (Fsp3) is 0.150. The van der Waals surface area contributed by atoms with Crippen LogP contribution in [0.15, 0.2) is 63.6 Å². The molecule has 1 aliphatic heterocycles. The molecule has 0 bridgehead atoms. The Kier molecular flexibility index (Phi) is 5.12. The van der Waals surface area contributed by atoms with E-state index in [1.807, 2.05) is 30.3 Å². The van der Waals surface area contributed by atoms with Crippen molar-refractivity contribution in [2.45, 2.75) is 12.5 Å². The summed E-state index contributed by atoms with van der Waals surface area (Å²) >= 11 is 3.36. The molecule has 28 heavy (non-hydrogen) atoms. The van der Waals surface area contributed by atoms with Crippen molar-refractivity contribution in [3.8, 4) is 5.75 Å². The second-order valence-corrected chi connectivity index (χ2v) is 7.22. The van der Waals surface area contributed by atoms with Crippen LogP contribution in [0.4, 0.5) is 5.69 Å². The third kappa shape index (κ3) is 4.07. The predicted molar refractivity (Wildman–Crippen MR) is 105 cm³/mol. The van der Waals surface area contributed by atoms with Gasteiger partial charge in [0.2, 0.25) is 0 Å². The van der Waals surface area contributed by atoms with Crippen LogP contribution in [-0.4, -0.2) is 29.6 Å². The Labute approximate surface area is 169 Å². The molecular weight excluding hydrogens is 426 g/mol. The first-order valence-electron chi connectivity index (χ1n) is 8.62. The van der Waals surface area contributed by atoms with Gasteiger partial charge in [-0.2, -0.15) is 0 Å². The Morgan fingerprint density at radius 2 is 2.04 bits per heavy atom. The molecule has 0 radical (unpaired) electrons. The molecule has 2 amide bonds. The van der Waals surface area contributed by atoms with Gasteiger partial charge in [-0.3, -0.25) is 9.59 Å². The highest BCUT2D eigenvalue weighted by Gasteiger charge is 2.27. The fourth-order valence-electron chi connectivity index (χ4n) is 2.83. The van der Waals surface area contributed by atoms with Crippen LogP contribution in [0.2, 0.25) is 0 Å². The van der Waals surface area contributed by atoms with E-state index in [1.165, 1.54) is 0 Å². The number of amides is 2. The van der Waals surface area contributed by atoms with Crippen LogP contribution in [0.1, 0.15) is 21.8 Å². The summed E-state index contributed by atoms with van der Waals surface area (Å²) in [5.74, 6) is 0.239. The first-order valence-corrected chi connectivity index (χ1v) is 9.41. The molecule has 0 saturated heterocycles. The Balaban J connectivity index is 1.42. The zero-order chi connectivity index (χ0) is 19.5. The summed E-state index contributed by atoms with van der Waals surface area (Å²) in [4.78, 5) is 24.9. The number of nitrogens with one attached hydrogen (secondary N) is 2. The molecular formula is C20H16BrN3O4. The van der Waals surface area contributed by atoms with Gasteiger partial charge in [-0.15, -0.1) is 0 Å². The molecule has 0 fully saturated rings. The number of hydrogen-bond acceptors (Lipinski definition) is 5. The van der Waals surface area contributed by atoms with Gasteiger partial charge in [0.25, 0.3) is 11.8 Å². The Hall–Kier alpha value is -3.13. The number of halogens is 1. The smallest absolute Gasteiger partial charge is 0.274 e. The number of fused-ring (bicyclic) bond motifs is 1. The lowest BCUT2D eigenvalue weighted by molar-refractivity contribution is -0.118. The quantitative estimate of drug-likeness (QED) is 0.648. The van der Waals surface area contributed by atoms with Crippen molar-refractivity contribution in [1.82, 2.24) is 10.5 Å². The van der Waals surface area contributed by atoms with Crippen LogP contribution in [0.25, 0.3) is 0 Å². The van der Waals surface area contributed by atoms with E-state index < -0.39 is 11.9 Å². The van der Waals surface area contributed by atoms with Gasteiger partial charge in [0, 0.05) is 17.0 Å². The SMILES string of the molecule is O=C(N[C@H]1COc2cc(Br)ccc2NC1=O)c1cc(Cc2ccccc2)on1. The second kappa shape index (κ2) is 7.85. The first-order chi connectivity index (χ1) is 13.6. The molecule has 8 heteroatoms. The third-order valence-electron chi connectivity index (χ3n) is 4.24. The maximum absolute atomic E-state index is 12.5. The summed E-state index contributed by atoms with van der Waals surface area (Å²) in [6.07, 6.45) is 0.526. The van der Waals surface area contributed by atoms with Crippen molar-refractivity contribution in [2.24, 2.45) is 0 Å². The van der Waals surface area contributed by atoms with E-state index in [2.05, 4.69) is 31.7 Å². The van der Waals surface area contributed by atoms with Gasteiger partial charge in [0.05, 0.1) is 5.69 Å². The Bertz CT molecular complexity index is 1020. The molecule has 3 aromatic rings. The average Bonchev–Trinajstić information content (AvgIpc) is 3.10. The number of anilines is 1. The van der Waals surface area contributed by atoms with Crippen LogP contribution < -0.4 is 15.4 Å². The third-order valence-corrected chi connectivity index (χ3v) is 4.73. The van der Waals surface area contributed by atoms with Crippen molar-refractivity contribution in [2.75, 3.05) is 11.9 Å². The molecule has 1 aromatic heterocycles. The van der Waals surface area contributed by atoms with Crippen LogP contribution in [0.3, 0.4) is 0 Å². The largest absolute Gasteiger partial charge is 0.489 e. The minimum absolute atomic E-state index is 0.00967. The molecule has 0 aliphatic carbocycles. The Morgan fingerprint density at radius 1 is 1.21 bits per heavy atom. The average molecular weight is 442 g/mol. The molecule has 1 atom stereocenters. The van der Waals surface area contributed by atoms with Crippen molar-refractivity contribution in [3.05, 3.63) is 76.1 Å². The number of carbonyl (C=O) groups is 2. The van der Waals surface area contributed by atoms with Crippen molar-refractivity contribution < 1.29 is 18.8 Å². The second-order valence-electron chi connectivity index (χ2n) is 6.31. The van der Waals surface area contributed by atoms with E-state index in [4.69, 9.17) is 9.26 Å². The minimum atomic E-state index is -0.854. The van der Waals surface area contributed by atoms with Gasteiger partial charge in [-0.25, -0.2) is 0 Å². The van der Waals surface area contributed by atoms with E-state index in [9.17, 15) is 9.59 Å². The van der Waals surface area contributed by atoms with E-state index in [1.54, 1.807) is 24.3 Å². The van der Waals surface area contributed by atoms with Gasteiger partial charge in [0.1, 0.15) is 24.2 Å². The molecule has 2 aromatic carbocycles. The summed E-state index contributed by atoms with van der Waals surface area (Å²) in [6.45, 7) is 0.00967. The number of rotatable bonds is 4. The number of ether oxygens (including phenoxy) is 1. The van der Waals surface area contributed by atoms with Crippen LogP contribution in [0, 0.1) is 0 Å². The van der Waals surface area contributed by atoms with E-state index in [0.29, 0.717) is 23.6 Å². The lowest BCUT2D eigenvalue weighted by Gasteiger charge is -2.13. The minimum Gasteiger partial charge on any atom is -0.489 e. The molecule has 0 spiro atoms. The molecule has 0 unspecified atom stereocenters. The van der Waals surface area contributed by atoms with Crippen molar-refractivity contribution in [1.29, 1.82) is 0 Å². The van der Waals surface area contributed by atoms with E-state index in [0.717, 1.165) is 10.0 Å². The highest BCUT2D eigenvalue weighted by molar-refractivity contribution is 9.10. The zero-order valence-corrected chi connectivity index (χ0v) is 16.2. The summed E-state index contributed by atoms with van der Waals surface area (Å²) in [6, 6.07) is 15.7. The van der Waals surface area contributed by atoms with Crippen LogP contribution in [-0.2, 0) is 11.2 Å². The van der Waals surface area contributed by atoms with Crippen LogP contribution in [0.5, 0.6) is 5.75 Å². The number of carbonyl (C=O) groups excluding carboxylic acids is 2. The van der Waals surface area contributed by atoms with E-state index in [-0.39, 0.29) is 18.2 Å². The topological polar surface area (TPSA) is 93.5 Å². The molecule has 0 saturated carbocycles. The van der Waals surface area contributed by atoms with Gasteiger partial charge >= 0.3 is 0 Å². The highest BCUT2D eigenvalue weighted by atomic mass is 79.9. The summed E-state index contributed by atoms with van der Waals surface area (Å²) in [5.41, 5.74) is 1.71. The van der Waals surface area contributed by atoms with Crippen LogP contribution >= 0.6 is 15.9 Å². The van der Waals surface area contributed by atoms with Gasteiger partial charge in [-0.1, -0.05) is 51.4 Å².